The van der Waals surface area contributed by atoms with Crippen molar-refractivity contribution in [1.29, 1.82) is 0 Å². The van der Waals surface area contributed by atoms with Gasteiger partial charge in [-0.25, -0.2) is 8.42 Å². The Kier molecular flexibility index (Phi) is 6.85. The van der Waals surface area contributed by atoms with Gasteiger partial charge in [-0.05, 0) is 43.2 Å². The number of anilines is 2. The number of hydrogen-bond donors (Lipinski definition) is 0. The van der Waals surface area contributed by atoms with E-state index < -0.39 is 10.0 Å². The molecule has 1 atom stereocenters. The van der Waals surface area contributed by atoms with Gasteiger partial charge in [-0.2, -0.15) is 4.31 Å². The maximum Gasteiger partial charge on any atom is 0.243 e. The van der Waals surface area contributed by atoms with E-state index in [0.717, 1.165) is 41.8 Å². The number of pyridine rings is 1. The number of nitrogens with zero attached hydrogens (tertiary/aromatic N) is 5. The molecule has 2 saturated heterocycles. The normalized spacial score (nSPS) is 19.4. The lowest BCUT2D eigenvalue weighted by molar-refractivity contribution is -0.137. The van der Waals surface area contributed by atoms with Crippen LogP contribution in [0.2, 0.25) is 0 Å². The zero-order chi connectivity index (χ0) is 25.3. The third-order valence-electron chi connectivity index (χ3n) is 7.26. The fourth-order valence-electron chi connectivity index (χ4n) is 5.22. The van der Waals surface area contributed by atoms with Crippen molar-refractivity contribution < 1.29 is 13.2 Å². The lowest BCUT2D eigenvalue weighted by atomic mass is 9.97. The van der Waals surface area contributed by atoms with Crippen LogP contribution in [0.4, 0.5) is 11.4 Å². The number of sulfonamides is 1. The first-order valence-corrected chi connectivity index (χ1v) is 13.9. The van der Waals surface area contributed by atoms with Gasteiger partial charge in [0.25, 0.3) is 0 Å². The van der Waals surface area contributed by atoms with Crippen LogP contribution < -0.4 is 9.80 Å². The van der Waals surface area contributed by atoms with Crippen molar-refractivity contribution in [3.8, 4) is 0 Å². The van der Waals surface area contributed by atoms with Crippen LogP contribution in [0.15, 0.2) is 65.7 Å². The smallest absolute Gasteiger partial charge is 0.243 e. The molecular weight excluding hydrogens is 474 g/mol. The molecule has 0 aliphatic carbocycles. The van der Waals surface area contributed by atoms with Crippen LogP contribution in [-0.2, 0) is 14.8 Å². The molecule has 2 fully saturated rings. The van der Waals surface area contributed by atoms with Crippen molar-refractivity contribution >= 4 is 38.2 Å². The number of benzene rings is 2. The highest BCUT2D eigenvalue weighted by molar-refractivity contribution is 7.89. The molecule has 8 nitrogen and oxygen atoms in total. The zero-order valence-electron chi connectivity index (χ0n) is 20.9. The van der Waals surface area contributed by atoms with Crippen LogP contribution in [0.1, 0.15) is 12.8 Å². The Bertz CT molecular complexity index is 1350. The van der Waals surface area contributed by atoms with Crippen molar-refractivity contribution in [2.24, 2.45) is 5.92 Å². The van der Waals surface area contributed by atoms with Gasteiger partial charge in [0.2, 0.25) is 15.9 Å². The summed E-state index contributed by atoms with van der Waals surface area (Å²) in [5.74, 6) is -0.241. The highest BCUT2D eigenvalue weighted by atomic mass is 32.2. The molecule has 0 spiro atoms. The predicted molar refractivity (Wildman–Crippen MR) is 143 cm³/mol. The molecule has 9 heteroatoms. The van der Waals surface area contributed by atoms with E-state index in [2.05, 4.69) is 16.0 Å². The van der Waals surface area contributed by atoms with Gasteiger partial charge in [-0.3, -0.25) is 9.78 Å². The van der Waals surface area contributed by atoms with E-state index >= 15 is 0 Å². The van der Waals surface area contributed by atoms with Crippen LogP contribution in [-0.4, -0.2) is 81.9 Å². The van der Waals surface area contributed by atoms with Crippen LogP contribution in [0, 0.1) is 5.92 Å². The van der Waals surface area contributed by atoms with E-state index in [1.807, 2.05) is 60.4 Å². The Morgan fingerprint density at radius 3 is 2.53 bits per heavy atom. The minimum atomic E-state index is -3.66. The van der Waals surface area contributed by atoms with Gasteiger partial charge in [0.1, 0.15) is 0 Å². The van der Waals surface area contributed by atoms with Crippen molar-refractivity contribution in [1.82, 2.24) is 14.2 Å². The molecule has 5 rings (SSSR count). The van der Waals surface area contributed by atoms with Crippen LogP contribution in [0.5, 0.6) is 0 Å². The summed E-state index contributed by atoms with van der Waals surface area (Å²) in [5, 5.41) is 1.12. The van der Waals surface area contributed by atoms with E-state index in [-0.39, 0.29) is 23.3 Å². The molecule has 3 aromatic rings. The third-order valence-corrected chi connectivity index (χ3v) is 9.12. The maximum atomic E-state index is 13.4. The van der Waals surface area contributed by atoms with Crippen molar-refractivity contribution in [2.45, 2.75) is 17.7 Å². The van der Waals surface area contributed by atoms with Gasteiger partial charge >= 0.3 is 0 Å². The molecule has 1 aromatic heterocycles. The van der Waals surface area contributed by atoms with Gasteiger partial charge in [0.05, 0.1) is 16.3 Å². The molecule has 0 radical (unpaired) electrons. The van der Waals surface area contributed by atoms with E-state index in [1.165, 1.54) is 4.31 Å². The Labute approximate surface area is 213 Å². The molecule has 0 N–H and O–H groups in total. The van der Waals surface area contributed by atoms with E-state index in [4.69, 9.17) is 0 Å². The molecule has 3 heterocycles. The van der Waals surface area contributed by atoms with Gasteiger partial charge in [-0.15, -0.1) is 0 Å². The molecule has 1 amide bonds. The van der Waals surface area contributed by atoms with E-state index in [1.54, 1.807) is 18.2 Å². The number of para-hydroxylation sites is 1. The minimum absolute atomic E-state index is 0.0659. The fourth-order valence-corrected chi connectivity index (χ4v) is 6.78. The average Bonchev–Trinajstić information content (AvgIpc) is 2.92. The lowest BCUT2D eigenvalue weighted by Gasteiger charge is -2.39. The zero-order valence-corrected chi connectivity index (χ0v) is 21.7. The Balaban J connectivity index is 1.25. The number of amides is 1. The number of piperazine rings is 1. The molecule has 190 valence electrons. The number of carbonyl (C=O) groups excluding carboxylic acids is 1. The molecule has 36 heavy (non-hydrogen) atoms. The highest BCUT2D eigenvalue weighted by Crippen LogP contribution is 2.29. The summed E-state index contributed by atoms with van der Waals surface area (Å²) in [5.41, 5.74) is 2.94. The average molecular weight is 508 g/mol. The standard InChI is InChI=1S/C27H33N5O3S/c1-29(2)22-8-5-9-23(19-22)36(34,35)32-14-6-7-21(20-32)27(33)31-17-15-30(16-18-31)26-12-13-28-25-11-4-3-10-24(25)26/h3-5,8-13,19,21H,6-7,14-18,20H2,1-2H3/t21-/m1/s1. The predicted octanol–water partition coefficient (Wildman–Crippen LogP) is 3.05. The molecule has 0 saturated carbocycles. The van der Waals surface area contributed by atoms with Crippen LogP contribution in [0.25, 0.3) is 10.9 Å². The molecule has 2 aliphatic rings. The summed E-state index contributed by atoms with van der Waals surface area (Å²) in [6.45, 7) is 3.43. The molecule has 2 aliphatic heterocycles. The number of carbonyl (C=O) groups is 1. The summed E-state index contributed by atoms with van der Waals surface area (Å²) in [4.78, 5) is 24.3. The Morgan fingerprint density at radius 1 is 0.972 bits per heavy atom. The summed E-state index contributed by atoms with van der Waals surface area (Å²) in [6, 6.07) is 17.1. The maximum absolute atomic E-state index is 13.4. The SMILES string of the molecule is CN(C)c1cccc(S(=O)(=O)N2CCC[C@@H](C(=O)N3CCN(c4ccnc5ccccc45)CC3)C2)c1. The fraction of sp³-hybridized carbons (Fsp3) is 0.407. The number of rotatable bonds is 5. The summed E-state index contributed by atoms with van der Waals surface area (Å²) >= 11 is 0. The van der Waals surface area contributed by atoms with Gasteiger partial charge < -0.3 is 14.7 Å². The van der Waals surface area contributed by atoms with Gasteiger partial charge in [0, 0.05) is 76.3 Å². The molecule has 0 unspecified atom stereocenters. The van der Waals surface area contributed by atoms with Gasteiger partial charge in [-0.1, -0.05) is 24.3 Å². The minimum Gasteiger partial charge on any atom is -0.378 e. The van der Waals surface area contributed by atoms with Crippen LogP contribution >= 0.6 is 0 Å². The highest BCUT2D eigenvalue weighted by Gasteiger charge is 2.36. The van der Waals surface area contributed by atoms with Crippen molar-refractivity contribution in [3.05, 3.63) is 60.8 Å². The third kappa shape index (κ3) is 4.77. The van der Waals surface area contributed by atoms with Crippen molar-refractivity contribution in [3.63, 3.8) is 0 Å². The molecular formula is C27H33N5O3S. The van der Waals surface area contributed by atoms with Gasteiger partial charge in [0.15, 0.2) is 0 Å². The summed E-state index contributed by atoms with van der Waals surface area (Å²) < 4.78 is 28.3. The van der Waals surface area contributed by atoms with E-state index in [0.29, 0.717) is 26.1 Å². The molecule has 0 bridgehead atoms. The lowest BCUT2D eigenvalue weighted by Crippen LogP contribution is -2.53. The number of hydrogen-bond acceptors (Lipinski definition) is 6. The number of fused-ring (bicyclic) bond motifs is 1. The second kappa shape index (κ2) is 10.1. The Morgan fingerprint density at radius 2 is 1.75 bits per heavy atom. The first kappa shape index (κ1) is 24.5. The largest absolute Gasteiger partial charge is 0.378 e. The first-order valence-electron chi connectivity index (χ1n) is 12.5. The number of aromatic nitrogens is 1. The summed E-state index contributed by atoms with van der Waals surface area (Å²) in [6.07, 6.45) is 3.24. The second-order valence-electron chi connectivity index (χ2n) is 9.75. The molecule has 2 aromatic carbocycles. The quantitative estimate of drug-likeness (QED) is 0.528. The second-order valence-corrected chi connectivity index (χ2v) is 11.7. The monoisotopic (exact) mass is 507 g/mol. The number of piperidine rings is 1. The summed E-state index contributed by atoms with van der Waals surface area (Å²) in [7, 11) is 0.115. The first-order chi connectivity index (χ1) is 17.3. The topological polar surface area (TPSA) is 77.1 Å². The van der Waals surface area contributed by atoms with E-state index in [9.17, 15) is 13.2 Å². The Hall–Kier alpha value is -3.17. The van der Waals surface area contributed by atoms with Crippen molar-refractivity contribution in [2.75, 3.05) is 63.2 Å². The van der Waals surface area contributed by atoms with Crippen LogP contribution in [0.3, 0.4) is 0 Å².